The molecule has 0 radical (unpaired) electrons. The average molecular weight is 203 g/mol. The van der Waals surface area contributed by atoms with E-state index in [0.717, 1.165) is 6.42 Å². The average Bonchev–Trinajstić information content (AvgIpc) is 2.14. The number of nitrogens with zero attached hydrogens (tertiary/aromatic N) is 3. The van der Waals surface area contributed by atoms with Crippen LogP contribution < -0.4 is 10.1 Å². The molecule has 5 nitrogen and oxygen atoms in total. The lowest BCUT2D eigenvalue weighted by Crippen LogP contribution is -2.04. The van der Waals surface area contributed by atoms with E-state index in [-0.39, 0.29) is 11.3 Å². The Bertz CT molecular complexity index is 281. The molecule has 0 aliphatic heterocycles. The van der Waals surface area contributed by atoms with E-state index in [1.54, 1.807) is 7.05 Å². The number of rotatable bonds is 4. The van der Waals surface area contributed by atoms with Crippen molar-refractivity contribution in [2.24, 2.45) is 0 Å². The number of anilines is 1. The molecule has 0 unspecified atom stereocenters. The van der Waals surface area contributed by atoms with Gasteiger partial charge in [0.15, 0.2) is 0 Å². The summed E-state index contributed by atoms with van der Waals surface area (Å²) in [6.45, 7) is 2.57. The molecule has 0 fully saturated rings. The van der Waals surface area contributed by atoms with Gasteiger partial charge in [-0.1, -0.05) is 6.92 Å². The van der Waals surface area contributed by atoms with Gasteiger partial charge in [-0.3, -0.25) is 0 Å². The predicted octanol–water partition coefficient (Wildman–Crippen LogP) is 1.36. The lowest BCUT2D eigenvalue weighted by molar-refractivity contribution is 0.292. The largest absolute Gasteiger partial charge is 0.463 e. The van der Waals surface area contributed by atoms with Gasteiger partial charge in [0.25, 0.3) is 0 Å². The third kappa shape index (κ3) is 3.02. The second-order valence-corrected chi connectivity index (χ2v) is 2.65. The third-order valence-corrected chi connectivity index (χ3v) is 1.42. The zero-order chi connectivity index (χ0) is 9.68. The van der Waals surface area contributed by atoms with Gasteiger partial charge < -0.3 is 10.1 Å². The monoisotopic (exact) mass is 202 g/mol. The highest BCUT2D eigenvalue weighted by Crippen LogP contribution is 2.10. The summed E-state index contributed by atoms with van der Waals surface area (Å²) in [6, 6.07) is 0.256. The van der Waals surface area contributed by atoms with Crippen LogP contribution in [0.2, 0.25) is 5.28 Å². The van der Waals surface area contributed by atoms with Crippen molar-refractivity contribution in [3.05, 3.63) is 5.28 Å². The van der Waals surface area contributed by atoms with Crippen LogP contribution in [0.15, 0.2) is 0 Å². The topological polar surface area (TPSA) is 59.9 Å². The number of hydrogen-bond acceptors (Lipinski definition) is 5. The maximum atomic E-state index is 5.63. The van der Waals surface area contributed by atoms with Crippen LogP contribution in [0.25, 0.3) is 0 Å². The van der Waals surface area contributed by atoms with Gasteiger partial charge in [0.05, 0.1) is 6.61 Å². The molecule has 0 bridgehead atoms. The molecule has 6 heteroatoms. The summed E-state index contributed by atoms with van der Waals surface area (Å²) < 4.78 is 5.19. The van der Waals surface area contributed by atoms with Crippen LogP contribution in [0.3, 0.4) is 0 Å². The van der Waals surface area contributed by atoms with Crippen LogP contribution in [0.1, 0.15) is 13.3 Å². The van der Waals surface area contributed by atoms with Gasteiger partial charge in [-0.25, -0.2) is 0 Å². The lowest BCUT2D eigenvalue weighted by Gasteiger charge is -2.03. The lowest BCUT2D eigenvalue weighted by atomic mass is 10.5. The summed E-state index contributed by atoms with van der Waals surface area (Å²) in [5.74, 6) is 0.408. The number of halogens is 1. The highest BCUT2D eigenvalue weighted by Gasteiger charge is 2.03. The highest BCUT2D eigenvalue weighted by atomic mass is 35.5. The van der Waals surface area contributed by atoms with Crippen molar-refractivity contribution >= 4 is 17.5 Å². The maximum absolute atomic E-state index is 5.63. The Balaban J connectivity index is 2.76. The highest BCUT2D eigenvalue weighted by molar-refractivity contribution is 6.28. The second kappa shape index (κ2) is 4.81. The minimum Gasteiger partial charge on any atom is -0.463 e. The van der Waals surface area contributed by atoms with Gasteiger partial charge in [0, 0.05) is 7.05 Å². The Hall–Kier alpha value is -1.10. The zero-order valence-corrected chi connectivity index (χ0v) is 8.30. The molecule has 0 aliphatic rings. The summed E-state index contributed by atoms with van der Waals surface area (Å²) in [6.07, 6.45) is 0.901. The fourth-order valence-corrected chi connectivity index (χ4v) is 0.854. The normalized spacial score (nSPS) is 9.77. The van der Waals surface area contributed by atoms with Crippen molar-refractivity contribution in [1.29, 1.82) is 0 Å². The van der Waals surface area contributed by atoms with E-state index >= 15 is 0 Å². The molecule has 0 spiro atoms. The molecule has 72 valence electrons. The number of nitrogens with one attached hydrogen (secondary N) is 1. The predicted molar refractivity (Wildman–Crippen MR) is 50.2 cm³/mol. The van der Waals surface area contributed by atoms with E-state index in [1.807, 2.05) is 6.92 Å². The summed E-state index contributed by atoms with van der Waals surface area (Å²) in [5.41, 5.74) is 0. The van der Waals surface area contributed by atoms with Crippen LogP contribution in [0.5, 0.6) is 6.01 Å². The maximum Gasteiger partial charge on any atom is 0.322 e. The molecule has 1 aromatic rings. The van der Waals surface area contributed by atoms with Crippen molar-refractivity contribution in [2.75, 3.05) is 19.0 Å². The molecule has 1 heterocycles. The molecule has 13 heavy (non-hydrogen) atoms. The van der Waals surface area contributed by atoms with Gasteiger partial charge in [0.1, 0.15) is 0 Å². The number of ether oxygens (including phenoxy) is 1. The summed E-state index contributed by atoms with van der Waals surface area (Å²) in [5, 5.41) is 2.89. The Morgan fingerprint density at radius 2 is 2.15 bits per heavy atom. The van der Waals surface area contributed by atoms with Crippen LogP contribution in [0.4, 0.5) is 5.95 Å². The first-order valence-corrected chi connectivity index (χ1v) is 4.36. The first kappa shape index (κ1) is 9.98. The molecule has 0 atom stereocenters. The van der Waals surface area contributed by atoms with E-state index < -0.39 is 0 Å². The van der Waals surface area contributed by atoms with Gasteiger partial charge in [-0.2, -0.15) is 15.0 Å². The summed E-state index contributed by atoms with van der Waals surface area (Å²) in [4.78, 5) is 11.6. The Morgan fingerprint density at radius 1 is 1.38 bits per heavy atom. The van der Waals surface area contributed by atoms with Crippen LogP contribution in [-0.4, -0.2) is 28.6 Å². The quantitative estimate of drug-likeness (QED) is 0.799. The second-order valence-electron chi connectivity index (χ2n) is 2.31. The van der Waals surface area contributed by atoms with Gasteiger partial charge in [-0.15, -0.1) is 0 Å². The number of hydrogen-bond donors (Lipinski definition) is 1. The molecule has 1 rings (SSSR count). The van der Waals surface area contributed by atoms with Crippen LogP contribution >= 0.6 is 11.6 Å². The fourth-order valence-electron chi connectivity index (χ4n) is 0.702. The first-order valence-electron chi connectivity index (χ1n) is 3.98. The molecular formula is C7H11ClN4O. The first-order chi connectivity index (χ1) is 6.26. The van der Waals surface area contributed by atoms with Gasteiger partial charge in [-0.05, 0) is 18.0 Å². The van der Waals surface area contributed by atoms with Crippen LogP contribution in [0, 0.1) is 0 Å². The van der Waals surface area contributed by atoms with Crippen molar-refractivity contribution in [1.82, 2.24) is 15.0 Å². The summed E-state index contributed by atoms with van der Waals surface area (Å²) in [7, 11) is 1.70. The van der Waals surface area contributed by atoms with Gasteiger partial charge >= 0.3 is 6.01 Å². The van der Waals surface area contributed by atoms with E-state index in [4.69, 9.17) is 16.3 Å². The number of aromatic nitrogens is 3. The Kier molecular flexibility index (Phi) is 3.70. The molecule has 0 amide bonds. The molecule has 0 aliphatic carbocycles. The molecule has 0 aromatic carbocycles. The standard InChI is InChI=1S/C7H11ClN4O/c1-3-4-13-7-11-5(8)10-6(9-2)12-7/h3-4H2,1-2H3,(H,9,10,11,12). The fraction of sp³-hybridized carbons (Fsp3) is 0.571. The minimum absolute atomic E-state index is 0.130. The molecule has 1 aromatic heterocycles. The molecule has 0 saturated heterocycles. The Morgan fingerprint density at radius 3 is 2.77 bits per heavy atom. The summed E-state index contributed by atoms with van der Waals surface area (Å²) >= 11 is 5.63. The molecule has 0 saturated carbocycles. The van der Waals surface area contributed by atoms with E-state index in [0.29, 0.717) is 12.6 Å². The van der Waals surface area contributed by atoms with Gasteiger partial charge in [0.2, 0.25) is 11.2 Å². The molecular weight excluding hydrogens is 192 g/mol. The van der Waals surface area contributed by atoms with Crippen LogP contribution in [-0.2, 0) is 0 Å². The SMILES string of the molecule is CCCOc1nc(Cl)nc(NC)n1. The van der Waals surface area contributed by atoms with Crippen molar-refractivity contribution in [2.45, 2.75) is 13.3 Å². The third-order valence-electron chi connectivity index (χ3n) is 1.25. The van der Waals surface area contributed by atoms with E-state index in [1.165, 1.54) is 0 Å². The van der Waals surface area contributed by atoms with Crippen molar-refractivity contribution < 1.29 is 4.74 Å². The molecule has 1 N–H and O–H groups in total. The van der Waals surface area contributed by atoms with E-state index in [9.17, 15) is 0 Å². The van der Waals surface area contributed by atoms with Crippen molar-refractivity contribution in [3.8, 4) is 6.01 Å². The van der Waals surface area contributed by atoms with E-state index in [2.05, 4.69) is 20.3 Å². The zero-order valence-electron chi connectivity index (χ0n) is 7.54. The minimum atomic E-state index is 0.130. The van der Waals surface area contributed by atoms with Crippen molar-refractivity contribution in [3.63, 3.8) is 0 Å². The Labute approximate surface area is 81.5 Å². The smallest absolute Gasteiger partial charge is 0.322 e.